The maximum atomic E-state index is 11.6. The summed E-state index contributed by atoms with van der Waals surface area (Å²) in [4.78, 5) is 11.6. The van der Waals surface area contributed by atoms with Crippen LogP contribution in [0.1, 0.15) is 24.2 Å². The predicted octanol–water partition coefficient (Wildman–Crippen LogP) is 2.14. The van der Waals surface area contributed by atoms with Crippen LogP contribution in [0.4, 0.5) is 0 Å². The van der Waals surface area contributed by atoms with Crippen LogP contribution >= 0.6 is 22.6 Å². The van der Waals surface area contributed by atoms with E-state index in [2.05, 4.69) is 27.9 Å². The summed E-state index contributed by atoms with van der Waals surface area (Å²) in [6, 6.07) is 5.01. The van der Waals surface area contributed by atoms with Gasteiger partial charge in [-0.15, -0.1) is 0 Å². The molecule has 0 fully saturated rings. The first-order valence-electron chi connectivity index (χ1n) is 4.30. The van der Waals surface area contributed by atoms with Gasteiger partial charge < -0.3 is 10.4 Å². The van der Waals surface area contributed by atoms with Crippen molar-refractivity contribution in [1.82, 2.24) is 5.32 Å². The second kappa shape index (κ2) is 4.63. The minimum absolute atomic E-state index is 0.0172. The lowest BCUT2D eigenvalue weighted by Gasteiger charge is -2.09. The Morgan fingerprint density at radius 1 is 1.50 bits per heavy atom. The quantitative estimate of drug-likeness (QED) is 0.823. The maximum Gasteiger partial charge on any atom is 0.255 e. The summed E-state index contributed by atoms with van der Waals surface area (Å²) in [5.41, 5.74) is 0.325. The van der Waals surface area contributed by atoms with E-state index < -0.39 is 0 Å². The topological polar surface area (TPSA) is 49.3 Å². The minimum atomic E-state index is -0.240. The van der Waals surface area contributed by atoms with Gasteiger partial charge in [-0.25, -0.2) is 0 Å². The van der Waals surface area contributed by atoms with Crippen molar-refractivity contribution in [2.24, 2.45) is 0 Å². The molecule has 0 aromatic heterocycles. The summed E-state index contributed by atoms with van der Waals surface area (Å²) in [6.45, 7) is 3.76. The zero-order valence-electron chi connectivity index (χ0n) is 8.04. The maximum absolute atomic E-state index is 11.6. The summed E-state index contributed by atoms with van der Waals surface area (Å²) in [5, 5.41) is 12.2. The lowest BCUT2D eigenvalue weighted by atomic mass is 10.2. The van der Waals surface area contributed by atoms with E-state index in [0.29, 0.717) is 5.56 Å². The fourth-order valence-electron chi connectivity index (χ4n) is 1.03. The molecule has 0 bridgehead atoms. The molecule has 3 nitrogen and oxygen atoms in total. The average Bonchev–Trinajstić information content (AvgIpc) is 2.08. The van der Waals surface area contributed by atoms with Gasteiger partial charge in [0.15, 0.2) is 0 Å². The molecular weight excluding hydrogens is 293 g/mol. The highest BCUT2D eigenvalue weighted by atomic mass is 127. The Bertz CT molecular complexity index is 350. The van der Waals surface area contributed by atoms with Crippen LogP contribution in [0.2, 0.25) is 0 Å². The first-order valence-corrected chi connectivity index (χ1v) is 5.38. The van der Waals surface area contributed by atoms with Gasteiger partial charge in [-0.3, -0.25) is 4.79 Å². The third-order valence-corrected chi connectivity index (χ3v) is 2.29. The van der Waals surface area contributed by atoms with Crippen LogP contribution in [0.15, 0.2) is 18.2 Å². The Kier molecular flexibility index (Phi) is 3.74. The molecule has 1 aromatic carbocycles. The Balaban J connectivity index is 2.94. The molecule has 4 heteroatoms. The molecule has 0 radical (unpaired) electrons. The summed E-state index contributed by atoms with van der Waals surface area (Å²) in [5.74, 6) is -0.223. The second-order valence-corrected chi connectivity index (χ2v) is 4.54. The number of benzene rings is 1. The number of hydrogen-bond donors (Lipinski definition) is 2. The van der Waals surface area contributed by atoms with Gasteiger partial charge in [0.25, 0.3) is 5.91 Å². The van der Waals surface area contributed by atoms with Gasteiger partial charge in [0.05, 0.1) is 5.56 Å². The molecule has 0 aliphatic carbocycles. The lowest BCUT2D eigenvalue weighted by molar-refractivity contribution is 0.0940. The van der Waals surface area contributed by atoms with Gasteiger partial charge in [0, 0.05) is 9.61 Å². The number of nitrogens with one attached hydrogen (secondary N) is 1. The molecule has 1 amide bonds. The standard InChI is InChI=1S/C10H12INO2/c1-6(2)12-10(14)8-5-7(11)3-4-9(8)13/h3-6,13H,1-2H3,(H,12,14). The van der Waals surface area contributed by atoms with E-state index in [9.17, 15) is 9.90 Å². The smallest absolute Gasteiger partial charge is 0.255 e. The highest BCUT2D eigenvalue weighted by molar-refractivity contribution is 14.1. The number of carbonyl (C=O) groups is 1. The van der Waals surface area contributed by atoms with Crippen LogP contribution in [0, 0.1) is 3.57 Å². The van der Waals surface area contributed by atoms with Crippen molar-refractivity contribution in [1.29, 1.82) is 0 Å². The van der Waals surface area contributed by atoms with Crippen molar-refractivity contribution >= 4 is 28.5 Å². The van der Waals surface area contributed by atoms with Crippen LogP contribution in [-0.2, 0) is 0 Å². The first kappa shape index (κ1) is 11.3. The van der Waals surface area contributed by atoms with Gasteiger partial charge in [-0.1, -0.05) is 0 Å². The molecule has 2 N–H and O–H groups in total. The van der Waals surface area contributed by atoms with E-state index in [1.165, 1.54) is 6.07 Å². The van der Waals surface area contributed by atoms with E-state index in [0.717, 1.165) is 3.57 Å². The molecule has 0 heterocycles. The summed E-state index contributed by atoms with van der Waals surface area (Å²) in [6.07, 6.45) is 0. The fourth-order valence-corrected chi connectivity index (χ4v) is 1.52. The van der Waals surface area contributed by atoms with E-state index >= 15 is 0 Å². The van der Waals surface area contributed by atoms with Crippen LogP contribution in [-0.4, -0.2) is 17.1 Å². The third-order valence-electron chi connectivity index (χ3n) is 1.62. The molecule has 0 saturated heterocycles. The van der Waals surface area contributed by atoms with Crippen LogP contribution < -0.4 is 5.32 Å². The van der Waals surface area contributed by atoms with Crippen molar-refractivity contribution < 1.29 is 9.90 Å². The Morgan fingerprint density at radius 3 is 2.71 bits per heavy atom. The van der Waals surface area contributed by atoms with Crippen molar-refractivity contribution in [3.05, 3.63) is 27.3 Å². The summed E-state index contributed by atoms with van der Waals surface area (Å²) >= 11 is 2.10. The van der Waals surface area contributed by atoms with Crippen molar-refractivity contribution in [2.75, 3.05) is 0 Å². The van der Waals surface area contributed by atoms with Gasteiger partial charge >= 0.3 is 0 Å². The monoisotopic (exact) mass is 305 g/mol. The molecule has 1 aromatic rings. The van der Waals surface area contributed by atoms with E-state index in [4.69, 9.17) is 0 Å². The van der Waals surface area contributed by atoms with E-state index in [1.807, 2.05) is 13.8 Å². The predicted molar refractivity (Wildman–Crippen MR) is 63.4 cm³/mol. The number of carbonyl (C=O) groups excluding carboxylic acids is 1. The fraction of sp³-hybridized carbons (Fsp3) is 0.300. The first-order chi connectivity index (χ1) is 6.50. The number of hydrogen-bond acceptors (Lipinski definition) is 2. The van der Waals surface area contributed by atoms with Gasteiger partial charge in [-0.05, 0) is 54.6 Å². The van der Waals surface area contributed by atoms with E-state index in [1.54, 1.807) is 12.1 Å². The Labute approximate surface area is 96.7 Å². The molecule has 76 valence electrons. The van der Waals surface area contributed by atoms with Crippen LogP contribution in [0.25, 0.3) is 0 Å². The molecule has 0 atom stereocenters. The van der Waals surface area contributed by atoms with Crippen LogP contribution in [0.5, 0.6) is 5.75 Å². The van der Waals surface area contributed by atoms with Crippen molar-refractivity contribution in [3.8, 4) is 5.75 Å². The number of aromatic hydroxyl groups is 1. The highest BCUT2D eigenvalue weighted by Gasteiger charge is 2.11. The van der Waals surface area contributed by atoms with Crippen molar-refractivity contribution in [2.45, 2.75) is 19.9 Å². The second-order valence-electron chi connectivity index (χ2n) is 3.29. The largest absolute Gasteiger partial charge is 0.507 e. The molecule has 14 heavy (non-hydrogen) atoms. The normalized spacial score (nSPS) is 10.3. The zero-order chi connectivity index (χ0) is 10.7. The molecule has 1 rings (SSSR count). The number of halogens is 1. The Morgan fingerprint density at radius 2 is 2.14 bits per heavy atom. The molecule has 0 unspecified atom stereocenters. The summed E-state index contributed by atoms with van der Waals surface area (Å²) < 4.78 is 0.925. The lowest BCUT2D eigenvalue weighted by Crippen LogP contribution is -2.30. The Hall–Kier alpha value is -0.780. The molecular formula is C10H12INO2. The molecule has 0 aliphatic rings. The highest BCUT2D eigenvalue weighted by Crippen LogP contribution is 2.19. The molecule has 0 aliphatic heterocycles. The molecule has 0 saturated carbocycles. The molecule has 0 spiro atoms. The van der Waals surface area contributed by atoms with Crippen molar-refractivity contribution in [3.63, 3.8) is 0 Å². The van der Waals surface area contributed by atoms with E-state index in [-0.39, 0.29) is 17.7 Å². The van der Waals surface area contributed by atoms with Crippen LogP contribution in [0.3, 0.4) is 0 Å². The number of rotatable bonds is 2. The average molecular weight is 305 g/mol. The number of phenols is 1. The van der Waals surface area contributed by atoms with Gasteiger partial charge in [0.2, 0.25) is 0 Å². The summed E-state index contributed by atoms with van der Waals surface area (Å²) in [7, 11) is 0. The number of amides is 1. The zero-order valence-corrected chi connectivity index (χ0v) is 10.2. The van der Waals surface area contributed by atoms with Gasteiger partial charge in [0.1, 0.15) is 5.75 Å². The minimum Gasteiger partial charge on any atom is -0.507 e. The van der Waals surface area contributed by atoms with Gasteiger partial charge in [-0.2, -0.15) is 0 Å². The SMILES string of the molecule is CC(C)NC(=O)c1cc(I)ccc1O. The third kappa shape index (κ3) is 2.87. The number of phenolic OH excluding ortho intramolecular Hbond substituents is 1.